The highest BCUT2D eigenvalue weighted by Crippen LogP contribution is 2.23. The summed E-state index contributed by atoms with van der Waals surface area (Å²) in [6, 6.07) is 10.5. The number of nitrogens with one attached hydrogen (secondary N) is 1. The summed E-state index contributed by atoms with van der Waals surface area (Å²) in [6.45, 7) is 0. The fourth-order valence-electron chi connectivity index (χ4n) is 1.77. The van der Waals surface area contributed by atoms with Crippen LogP contribution in [0.2, 0.25) is 5.02 Å². The molecule has 0 fully saturated rings. The molecular weight excluding hydrogens is 290 g/mol. The molecule has 5 nitrogen and oxygen atoms in total. The van der Waals surface area contributed by atoms with Crippen LogP contribution < -0.4 is 5.32 Å². The van der Waals surface area contributed by atoms with Gasteiger partial charge in [0, 0.05) is 17.4 Å². The summed E-state index contributed by atoms with van der Waals surface area (Å²) in [5.74, 6) is 0.849. The number of nitrogens with zero attached hydrogens (tertiary/aromatic N) is 2. The molecule has 3 rings (SSSR count). The summed E-state index contributed by atoms with van der Waals surface area (Å²) in [4.78, 5) is 19.6. The van der Waals surface area contributed by atoms with E-state index in [9.17, 15) is 4.79 Å². The number of allylic oxidation sites excluding steroid dienone is 1. The Morgan fingerprint density at radius 1 is 1.29 bits per heavy atom. The van der Waals surface area contributed by atoms with Crippen LogP contribution in [0.5, 0.6) is 0 Å². The zero-order valence-corrected chi connectivity index (χ0v) is 11.5. The van der Waals surface area contributed by atoms with Gasteiger partial charge in [-0.1, -0.05) is 17.7 Å². The summed E-state index contributed by atoms with van der Waals surface area (Å²) >= 11 is 5.90. The Labute approximate surface area is 125 Å². The lowest BCUT2D eigenvalue weighted by molar-refractivity contribution is -0.103. The molecule has 2 aromatic heterocycles. The highest BCUT2D eigenvalue weighted by Gasteiger charge is 2.10. The van der Waals surface area contributed by atoms with Crippen LogP contribution in [0.15, 0.2) is 53.2 Å². The number of oxazole rings is 1. The Kier molecular flexibility index (Phi) is 3.66. The first-order chi connectivity index (χ1) is 10.3. The average molecular weight is 300 g/mol. The van der Waals surface area contributed by atoms with E-state index in [1.807, 2.05) is 6.07 Å². The van der Waals surface area contributed by atoms with Crippen molar-refractivity contribution in [3.63, 3.8) is 0 Å². The van der Waals surface area contributed by atoms with Gasteiger partial charge in [0.05, 0.1) is 5.57 Å². The second-order valence-electron chi connectivity index (χ2n) is 4.21. The van der Waals surface area contributed by atoms with Crippen molar-refractivity contribution in [3.05, 3.63) is 59.7 Å². The van der Waals surface area contributed by atoms with E-state index in [1.54, 1.807) is 36.5 Å². The van der Waals surface area contributed by atoms with Gasteiger partial charge >= 0.3 is 0 Å². The molecular formula is C15H10ClN3O2. The van der Waals surface area contributed by atoms with E-state index in [1.165, 1.54) is 6.20 Å². The lowest BCUT2D eigenvalue weighted by atomic mass is 10.3. The highest BCUT2D eigenvalue weighted by molar-refractivity contribution is 6.31. The predicted molar refractivity (Wildman–Crippen MR) is 80.9 cm³/mol. The van der Waals surface area contributed by atoms with E-state index in [4.69, 9.17) is 16.0 Å². The summed E-state index contributed by atoms with van der Waals surface area (Å²) in [7, 11) is 0. The first-order valence-corrected chi connectivity index (χ1v) is 6.53. The number of fused-ring (bicyclic) bond motifs is 1. The second-order valence-corrected chi connectivity index (χ2v) is 4.64. The van der Waals surface area contributed by atoms with Gasteiger partial charge in [0.1, 0.15) is 11.3 Å². The third-order valence-electron chi connectivity index (χ3n) is 2.76. The van der Waals surface area contributed by atoms with Crippen molar-refractivity contribution in [2.24, 2.45) is 0 Å². The summed E-state index contributed by atoms with van der Waals surface area (Å²) in [5.41, 5.74) is 1.45. The number of carbonyl (C=O) groups is 1. The van der Waals surface area contributed by atoms with E-state index in [0.29, 0.717) is 28.2 Å². The molecule has 0 bridgehead atoms. The normalized spacial score (nSPS) is 11.6. The van der Waals surface area contributed by atoms with E-state index in [0.717, 1.165) is 0 Å². The van der Waals surface area contributed by atoms with Crippen LogP contribution in [0, 0.1) is 0 Å². The summed E-state index contributed by atoms with van der Waals surface area (Å²) < 4.78 is 5.53. The second kappa shape index (κ2) is 5.76. The lowest BCUT2D eigenvalue weighted by Crippen LogP contribution is -1.95. The molecule has 3 aromatic rings. The van der Waals surface area contributed by atoms with E-state index >= 15 is 0 Å². The monoisotopic (exact) mass is 299 g/mol. The van der Waals surface area contributed by atoms with Crippen molar-refractivity contribution in [2.75, 3.05) is 5.32 Å². The number of hydrogen-bond donors (Lipinski definition) is 1. The molecule has 0 saturated heterocycles. The van der Waals surface area contributed by atoms with Crippen LogP contribution in [0.4, 0.5) is 5.82 Å². The van der Waals surface area contributed by atoms with Gasteiger partial charge in [0.15, 0.2) is 11.9 Å². The van der Waals surface area contributed by atoms with Gasteiger partial charge in [-0.25, -0.2) is 9.97 Å². The quantitative estimate of drug-likeness (QED) is 0.589. The largest absolute Gasteiger partial charge is 0.436 e. The maximum atomic E-state index is 11.2. The van der Waals surface area contributed by atoms with Crippen LogP contribution in [0.25, 0.3) is 16.7 Å². The molecule has 0 unspecified atom stereocenters. The Balaban J connectivity index is 1.92. The van der Waals surface area contributed by atoms with Crippen molar-refractivity contribution in [1.82, 2.24) is 9.97 Å². The fraction of sp³-hybridized carbons (Fsp3) is 0. The molecule has 0 aliphatic carbocycles. The molecule has 0 radical (unpaired) electrons. The molecule has 21 heavy (non-hydrogen) atoms. The number of carbonyl (C=O) groups excluding carboxylic acids is 1. The van der Waals surface area contributed by atoms with Gasteiger partial charge in [-0.2, -0.15) is 0 Å². The number of aromatic nitrogens is 2. The van der Waals surface area contributed by atoms with Gasteiger partial charge < -0.3 is 9.73 Å². The van der Waals surface area contributed by atoms with Gasteiger partial charge in [0.25, 0.3) is 0 Å². The molecule has 0 atom stereocenters. The smallest absolute Gasteiger partial charge is 0.232 e. The van der Waals surface area contributed by atoms with Crippen molar-refractivity contribution >= 4 is 40.4 Å². The lowest BCUT2D eigenvalue weighted by Gasteiger charge is -1.99. The molecule has 0 aliphatic heterocycles. The van der Waals surface area contributed by atoms with Gasteiger partial charge in [-0.3, -0.25) is 4.79 Å². The van der Waals surface area contributed by atoms with Crippen LogP contribution >= 0.6 is 11.6 Å². The fourth-order valence-corrected chi connectivity index (χ4v) is 1.94. The van der Waals surface area contributed by atoms with E-state index in [2.05, 4.69) is 15.3 Å². The maximum Gasteiger partial charge on any atom is 0.232 e. The zero-order chi connectivity index (χ0) is 14.7. The summed E-state index contributed by atoms with van der Waals surface area (Å²) in [5, 5.41) is 3.48. The van der Waals surface area contributed by atoms with Crippen LogP contribution in [0.1, 0.15) is 5.89 Å². The number of pyridine rings is 1. The zero-order valence-electron chi connectivity index (χ0n) is 10.8. The van der Waals surface area contributed by atoms with Crippen LogP contribution in [-0.4, -0.2) is 16.3 Å². The number of hydrogen-bond acceptors (Lipinski definition) is 5. The molecule has 1 N–H and O–H groups in total. The van der Waals surface area contributed by atoms with E-state index in [-0.39, 0.29) is 11.5 Å². The predicted octanol–water partition coefficient (Wildman–Crippen LogP) is 3.53. The molecule has 0 saturated carbocycles. The van der Waals surface area contributed by atoms with Crippen molar-refractivity contribution < 1.29 is 9.21 Å². The number of benzene rings is 1. The first kappa shape index (κ1) is 13.3. The summed E-state index contributed by atoms with van der Waals surface area (Å²) in [6.07, 6.45) is 3.82. The minimum atomic E-state index is 0.227. The average Bonchev–Trinajstić information content (AvgIpc) is 2.92. The van der Waals surface area contributed by atoms with Crippen molar-refractivity contribution in [1.29, 1.82) is 0 Å². The standard InChI is InChI=1S/C15H10ClN3O2/c16-11-4-5-13-12(7-11)19-15(21-13)10(9-20)8-18-14-3-1-2-6-17-14/h1-9H,(H,17,18)/b10-8+. The minimum Gasteiger partial charge on any atom is -0.436 e. The molecule has 0 amide bonds. The third-order valence-corrected chi connectivity index (χ3v) is 3.00. The van der Waals surface area contributed by atoms with Crippen molar-refractivity contribution in [3.8, 4) is 0 Å². The van der Waals surface area contributed by atoms with Crippen LogP contribution in [-0.2, 0) is 4.79 Å². The molecule has 0 spiro atoms. The number of aldehydes is 1. The Hall–Kier alpha value is -2.66. The van der Waals surface area contributed by atoms with Crippen molar-refractivity contribution in [2.45, 2.75) is 0 Å². The van der Waals surface area contributed by atoms with Gasteiger partial charge in [0.2, 0.25) is 5.89 Å². The van der Waals surface area contributed by atoms with Crippen LogP contribution in [0.3, 0.4) is 0 Å². The Morgan fingerprint density at radius 3 is 2.95 bits per heavy atom. The highest BCUT2D eigenvalue weighted by atomic mass is 35.5. The molecule has 2 heterocycles. The SMILES string of the molecule is O=C/C(=C\Nc1ccccn1)c1nc2cc(Cl)ccc2o1. The third kappa shape index (κ3) is 2.93. The van der Waals surface area contributed by atoms with E-state index < -0.39 is 0 Å². The number of anilines is 1. The molecule has 104 valence electrons. The molecule has 0 aliphatic rings. The number of halogens is 1. The minimum absolute atomic E-state index is 0.227. The number of rotatable bonds is 4. The first-order valence-electron chi connectivity index (χ1n) is 6.15. The van der Waals surface area contributed by atoms with Gasteiger partial charge in [-0.05, 0) is 30.3 Å². The molecule has 6 heteroatoms. The van der Waals surface area contributed by atoms with Gasteiger partial charge in [-0.15, -0.1) is 0 Å². The maximum absolute atomic E-state index is 11.2. The Morgan fingerprint density at radius 2 is 2.19 bits per heavy atom. The topological polar surface area (TPSA) is 68.0 Å². The Bertz CT molecular complexity index is 812. The molecule has 1 aromatic carbocycles.